The van der Waals surface area contributed by atoms with Crippen molar-refractivity contribution in [1.82, 2.24) is 10.2 Å². The second-order valence-electron chi connectivity index (χ2n) is 6.25. The minimum absolute atomic E-state index is 0.0646. The molecule has 1 N–H and O–H groups in total. The van der Waals surface area contributed by atoms with Crippen LogP contribution < -0.4 is 5.32 Å². The van der Waals surface area contributed by atoms with E-state index < -0.39 is 5.54 Å². The molecule has 0 radical (unpaired) electrons. The van der Waals surface area contributed by atoms with Crippen molar-refractivity contribution in [3.05, 3.63) is 0 Å². The van der Waals surface area contributed by atoms with Gasteiger partial charge in [0, 0.05) is 12.6 Å². The number of hydrogen-bond donors (Lipinski definition) is 1. The van der Waals surface area contributed by atoms with Gasteiger partial charge in [-0.15, -0.1) is 0 Å². The second-order valence-corrected chi connectivity index (χ2v) is 6.25. The zero-order chi connectivity index (χ0) is 13.9. The van der Waals surface area contributed by atoms with Crippen molar-refractivity contribution in [3.63, 3.8) is 0 Å². The van der Waals surface area contributed by atoms with Crippen LogP contribution >= 0.6 is 0 Å². The topological polar surface area (TPSA) is 41.6 Å². The highest BCUT2D eigenvalue weighted by molar-refractivity contribution is 5.82. The molecule has 4 heteroatoms. The third-order valence-electron chi connectivity index (χ3n) is 4.28. The van der Waals surface area contributed by atoms with Crippen LogP contribution in [-0.2, 0) is 9.53 Å². The van der Waals surface area contributed by atoms with Gasteiger partial charge >= 0.3 is 5.97 Å². The number of unbranched alkanes of at least 4 members (excludes halogenated alkanes) is 1. The molecule has 0 aromatic heterocycles. The van der Waals surface area contributed by atoms with Crippen LogP contribution in [0.2, 0.25) is 0 Å². The summed E-state index contributed by atoms with van der Waals surface area (Å²) in [4.78, 5) is 14.7. The van der Waals surface area contributed by atoms with E-state index >= 15 is 0 Å². The number of ether oxygens (including phenoxy) is 1. The standard InChI is InChI=1S/C15H28N2O2/c1-4-5-10-17(2)11-15(12-6-7-12,14(18)19-3)16-13-8-9-13/h12-13,16H,4-11H2,1-3H3. The summed E-state index contributed by atoms with van der Waals surface area (Å²) in [6, 6.07) is 0.527. The first-order chi connectivity index (χ1) is 9.12. The van der Waals surface area contributed by atoms with Crippen LogP contribution in [0.1, 0.15) is 45.4 Å². The monoisotopic (exact) mass is 268 g/mol. The van der Waals surface area contributed by atoms with Crippen LogP contribution in [0.3, 0.4) is 0 Å². The van der Waals surface area contributed by atoms with Crippen molar-refractivity contribution in [1.29, 1.82) is 0 Å². The third-order valence-corrected chi connectivity index (χ3v) is 4.28. The maximum absolute atomic E-state index is 12.4. The Morgan fingerprint density at radius 1 is 1.37 bits per heavy atom. The number of rotatable bonds is 9. The van der Waals surface area contributed by atoms with Crippen LogP contribution in [-0.4, -0.2) is 49.7 Å². The van der Waals surface area contributed by atoms with Gasteiger partial charge in [0.05, 0.1) is 7.11 Å². The Bertz CT molecular complexity index is 313. The lowest BCUT2D eigenvalue weighted by molar-refractivity contribution is -0.150. The summed E-state index contributed by atoms with van der Waals surface area (Å²) in [5.41, 5.74) is -0.460. The average molecular weight is 268 g/mol. The van der Waals surface area contributed by atoms with Crippen molar-refractivity contribution in [2.75, 3.05) is 27.2 Å². The van der Waals surface area contributed by atoms with Crippen LogP contribution in [0.5, 0.6) is 0 Å². The first-order valence-corrected chi connectivity index (χ1v) is 7.67. The molecule has 1 unspecified atom stereocenters. The Morgan fingerprint density at radius 2 is 2.05 bits per heavy atom. The van der Waals surface area contributed by atoms with Crippen molar-refractivity contribution >= 4 is 5.97 Å². The van der Waals surface area contributed by atoms with Gasteiger partial charge in [0.15, 0.2) is 0 Å². The minimum atomic E-state index is -0.460. The first-order valence-electron chi connectivity index (χ1n) is 7.67. The fraction of sp³-hybridized carbons (Fsp3) is 0.933. The van der Waals surface area contributed by atoms with Crippen LogP contribution in [0.4, 0.5) is 0 Å². The molecule has 0 saturated heterocycles. The molecular formula is C15H28N2O2. The van der Waals surface area contributed by atoms with Gasteiger partial charge in [0.25, 0.3) is 0 Å². The largest absolute Gasteiger partial charge is 0.468 e. The maximum atomic E-state index is 12.4. The molecule has 2 saturated carbocycles. The molecule has 110 valence electrons. The lowest BCUT2D eigenvalue weighted by atomic mass is 9.92. The molecule has 0 aromatic carbocycles. The fourth-order valence-electron chi connectivity index (χ4n) is 2.87. The summed E-state index contributed by atoms with van der Waals surface area (Å²) in [7, 11) is 3.63. The molecule has 0 spiro atoms. The number of esters is 1. The molecule has 2 fully saturated rings. The highest BCUT2D eigenvalue weighted by Crippen LogP contribution is 2.42. The van der Waals surface area contributed by atoms with Crippen molar-refractivity contribution in [2.45, 2.75) is 57.0 Å². The summed E-state index contributed by atoms with van der Waals surface area (Å²) in [5, 5.41) is 3.61. The Hall–Kier alpha value is -0.610. The zero-order valence-electron chi connectivity index (χ0n) is 12.6. The van der Waals surface area contributed by atoms with Gasteiger partial charge in [0.1, 0.15) is 5.54 Å². The van der Waals surface area contributed by atoms with Gasteiger partial charge in [0.2, 0.25) is 0 Å². The van der Waals surface area contributed by atoms with Gasteiger partial charge in [-0.2, -0.15) is 0 Å². The Balaban J connectivity index is 2.04. The third kappa shape index (κ3) is 3.69. The summed E-state index contributed by atoms with van der Waals surface area (Å²) in [6.07, 6.45) is 7.07. The molecule has 2 aliphatic rings. The molecule has 19 heavy (non-hydrogen) atoms. The van der Waals surface area contributed by atoms with Crippen molar-refractivity contribution in [2.24, 2.45) is 5.92 Å². The molecule has 0 heterocycles. The Kier molecular flexibility index (Phi) is 4.85. The molecule has 0 aromatic rings. The molecule has 4 nitrogen and oxygen atoms in total. The molecule has 2 aliphatic carbocycles. The summed E-state index contributed by atoms with van der Waals surface area (Å²) in [5.74, 6) is 0.398. The van der Waals surface area contributed by atoms with E-state index in [1.165, 1.54) is 32.8 Å². The molecular weight excluding hydrogens is 240 g/mol. The van der Waals surface area contributed by atoms with E-state index in [4.69, 9.17) is 4.74 Å². The number of nitrogens with one attached hydrogen (secondary N) is 1. The van der Waals surface area contributed by atoms with E-state index in [0.29, 0.717) is 12.0 Å². The maximum Gasteiger partial charge on any atom is 0.327 e. The Labute approximate surface area is 116 Å². The highest BCUT2D eigenvalue weighted by atomic mass is 16.5. The molecule has 2 rings (SSSR count). The number of methoxy groups -OCH3 is 1. The molecule has 0 aliphatic heterocycles. The molecule has 1 atom stereocenters. The number of nitrogens with zero attached hydrogens (tertiary/aromatic N) is 1. The van der Waals surface area contributed by atoms with E-state index in [0.717, 1.165) is 25.9 Å². The van der Waals surface area contributed by atoms with Crippen molar-refractivity contribution < 1.29 is 9.53 Å². The van der Waals surface area contributed by atoms with Crippen LogP contribution in [0.25, 0.3) is 0 Å². The minimum Gasteiger partial charge on any atom is -0.468 e. The Morgan fingerprint density at radius 3 is 2.53 bits per heavy atom. The van der Waals surface area contributed by atoms with Crippen molar-refractivity contribution in [3.8, 4) is 0 Å². The zero-order valence-corrected chi connectivity index (χ0v) is 12.6. The predicted octanol–water partition coefficient (Wildman–Crippen LogP) is 1.79. The molecule has 0 amide bonds. The van der Waals surface area contributed by atoms with Crippen LogP contribution in [0, 0.1) is 5.92 Å². The van der Waals surface area contributed by atoms with E-state index in [1.54, 1.807) is 0 Å². The average Bonchev–Trinajstić information content (AvgIpc) is 3.26. The van der Waals surface area contributed by atoms with Gasteiger partial charge in [-0.25, -0.2) is 4.79 Å². The number of likely N-dealkylation sites (N-methyl/N-ethyl adjacent to an activating group) is 1. The summed E-state index contributed by atoms with van der Waals surface area (Å²) < 4.78 is 5.12. The SMILES string of the molecule is CCCCN(C)CC(NC1CC1)(C(=O)OC)C1CC1. The van der Waals surface area contributed by atoms with E-state index in [1.807, 2.05) is 0 Å². The van der Waals surface area contributed by atoms with E-state index in [-0.39, 0.29) is 5.97 Å². The normalized spacial score (nSPS) is 22.3. The fourth-order valence-corrected chi connectivity index (χ4v) is 2.87. The number of hydrogen-bond acceptors (Lipinski definition) is 4. The van der Waals surface area contributed by atoms with Gasteiger partial charge in [-0.05, 0) is 51.6 Å². The number of carbonyl (C=O) groups excluding carboxylic acids is 1. The van der Waals surface area contributed by atoms with E-state index in [9.17, 15) is 4.79 Å². The number of carbonyl (C=O) groups is 1. The second kappa shape index (κ2) is 6.23. The quantitative estimate of drug-likeness (QED) is 0.647. The lowest BCUT2D eigenvalue weighted by Crippen LogP contribution is -2.61. The van der Waals surface area contributed by atoms with Gasteiger partial charge < -0.3 is 9.64 Å². The van der Waals surface area contributed by atoms with Crippen LogP contribution in [0.15, 0.2) is 0 Å². The summed E-state index contributed by atoms with van der Waals surface area (Å²) >= 11 is 0. The van der Waals surface area contributed by atoms with Gasteiger partial charge in [-0.3, -0.25) is 5.32 Å². The van der Waals surface area contributed by atoms with Gasteiger partial charge in [-0.1, -0.05) is 13.3 Å². The smallest absolute Gasteiger partial charge is 0.327 e. The highest BCUT2D eigenvalue weighted by Gasteiger charge is 2.54. The predicted molar refractivity (Wildman–Crippen MR) is 76.0 cm³/mol. The lowest BCUT2D eigenvalue weighted by Gasteiger charge is -2.36. The molecule has 0 bridgehead atoms. The summed E-state index contributed by atoms with van der Waals surface area (Å²) in [6.45, 7) is 4.03. The van der Waals surface area contributed by atoms with E-state index in [2.05, 4.69) is 24.2 Å². The first kappa shape index (κ1) is 14.8.